The summed E-state index contributed by atoms with van der Waals surface area (Å²) in [6, 6.07) is 13.3. The molecule has 3 rings (SSSR count). The van der Waals surface area contributed by atoms with Crippen molar-refractivity contribution in [3.63, 3.8) is 0 Å². The number of primary amides is 1. The van der Waals surface area contributed by atoms with Gasteiger partial charge in [0.05, 0.1) is 5.92 Å². The first kappa shape index (κ1) is 17.2. The highest BCUT2D eigenvalue weighted by Gasteiger charge is 2.29. The maximum Gasteiger partial charge on any atom is 0.225 e. The van der Waals surface area contributed by atoms with Gasteiger partial charge in [-0.25, -0.2) is 4.39 Å². The largest absolute Gasteiger partial charge is 0.491 e. The summed E-state index contributed by atoms with van der Waals surface area (Å²) in [4.78, 5) is 13.7. The number of hydrogen-bond acceptors (Lipinski definition) is 4. The van der Waals surface area contributed by atoms with Crippen LogP contribution in [0, 0.1) is 5.82 Å². The molecule has 2 atom stereocenters. The molecule has 0 saturated heterocycles. The Morgan fingerprint density at radius 2 is 2.00 bits per heavy atom. The molecule has 1 aliphatic heterocycles. The molecule has 0 fully saturated rings. The highest BCUT2D eigenvalue weighted by Crippen LogP contribution is 2.34. The Bertz CT molecular complexity index is 736. The van der Waals surface area contributed by atoms with E-state index < -0.39 is 6.10 Å². The summed E-state index contributed by atoms with van der Waals surface area (Å²) >= 11 is 0. The molecule has 1 amide bonds. The second-order valence-electron chi connectivity index (χ2n) is 6.17. The van der Waals surface area contributed by atoms with E-state index in [-0.39, 0.29) is 24.2 Å². The lowest BCUT2D eigenvalue weighted by molar-refractivity contribution is -0.119. The third-order valence-electron chi connectivity index (χ3n) is 4.37. The molecular weight excluding hydrogens is 323 g/mol. The lowest BCUT2D eigenvalue weighted by Gasteiger charge is -2.35. The van der Waals surface area contributed by atoms with Crippen LogP contribution in [0.25, 0.3) is 0 Å². The van der Waals surface area contributed by atoms with E-state index in [1.165, 1.54) is 24.3 Å². The van der Waals surface area contributed by atoms with Crippen LogP contribution < -0.4 is 15.4 Å². The molecule has 1 aliphatic rings. The van der Waals surface area contributed by atoms with Crippen molar-refractivity contribution < 1.29 is 19.0 Å². The predicted octanol–water partition coefficient (Wildman–Crippen LogP) is 2.04. The van der Waals surface area contributed by atoms with Gasteiger partial charge < -0.3 is 20.5 Å². The molecule has 2 aromatic rings. The van der Waals surface area contributed by atoms with Crippen LogP contribution >= 0.6 is 0 Å². The molecule has 2 unspecified atom stereocenters. The number of ether oxygens (including phenoxy) is 1. The second-order valence-corrected chi connectivity index (χ2v) is 6.17. The number of nitrogens with two attached hydrogens (primary N) is 1. The highest BCUT2D eigenvalue weighted by molar-refractivity contribution is 5.85. The third kappa shape index (κ3) is 4.09. The van der Waals surface area contributed by atoms with E-state index in [9.17, 15) is 14.3 Å². The topological polar surface area (TPSA) is 75.8 Å². The zero-order chi connectivity index (χ0) is 17.8. The van der Waals surface area contributed by atoms with Gasteiger partial charge in [0.25, 0.3) is 0 Å². The van der Waals surface area contributed by atoms with E-state index in [0.717, 1.165) is 11.3 Å². The number of aliphatic hydroxyl groups excluding tert-OH is 1. The molecule has 132 valence electrons. The standard InChI is InChI=1S/C19H21FN2O3/c20-13-5-7-15(8-6-13)25-12-14(23)11-22-10-9-17(19(21)24)16-3-1-2-4-18(16)22/h1-8,14,17,23H,9-12H2,(H2,21,24). The van der Waals surface area contributed by atoms with E-state index in [4.69, 9.17) is 10.5 Å². The number of nitrogens with zero attached hydrogens (tertiary/aromatic N) is 1. The van der Waals surface area contributed by atoms with Gasteiger partial charge in [-0.2, -0.15) is 0 Å². The van der Waals surface area contributed by atoms with Crippen molar-refractivity contribution >= 4 is 11.6 Å². The monoisotopic (exact) mass is 344 g/mol. The first-order valence-electron chi connectivity index (χ1n) is 8.24. The van der Waals surface area contributed by atoms with E-state index in [0.29, 0.717) is 25.3 Å². The van der Waals surface area contributed by atoms with Gasteiger partial charge in [-0.05, 0) is 42.3 Å². The van der Waals surface area contributed by atoms with Crippen LogP contribution in [0.5, 0.6) is 5.75 Å². The number of β-amino-alcohol motifs (C(OH)–C–C–N with tert-alkyl or cyclic N) is 1. The summed E-state index contributed by atoms with van der Waals surface area (Å²) in [5.41, 5.74) is 7.31. The van der Waals surface area contributed by atoms with Crippen LogP contribution in [0.3, 0.4) is 0 Å². The number of benzene rings is 2. The lowest BCUT2D eigenvalue weighted by atomic mass is 9.89. The summed E-state index contributed by atoms with van der Waals surface area (Å²) in [7, 11) is 0. The third-order valence-corrected chi connectivity index (χ3v) is 4.37. The maximum absolute atomic E-state index is 12.9. The van der Waals surface area contributed by atoms with Crippen molar-refractivity contribution in [3.8, 4) is 5.75 Å². The van der Waals surface area contributed by atoms with Gasteiger partial charge in [-0.15, -0.1) is 0 Å². The number of fused-ring (bicyclic) bond motifs is 1. The van der Waals surface area contributed by atoms with Gasteiger partial charge in [0.2, 0.25) is 5.91 Å². The number of carbonyl (C=O) groups is 1. The Balaban J connectivity index is 1.63. The molecule has 0 radical (unpaired) electrons. The Hall–Kier alpha value is -2.60. The molecule has 0 saturated carbocycles. The van der Waals surface area contributed by atoms with E-state index >= 15 is 0 Å². The van der Waals surface area contributed by atoms with Crippen molar-refractivity contribution in [2.45, 2.75) is 18.4 Å². The zero-order valence-corrected chi connectivity index (χ0v) is 13.8. The fourth-order valence-electron chi connectivity index (χ4n) is 3.15. The number of anilines is 1. The smallest absolute Gasteiger partial charge is 0.225 e. The Morgan fingerprint density at radius 3 is 2.72 bits per heavy atom. The lowest BCUT2D eigenvalue weighted by Crippen LogP contribution is -2.41. The van der Waals surface area contributed by atoms with Crippen LogP contribution in [0.1, 0.15) is 17.9 Å². The first-order chi connectivity index (χ1) is 12.0. The molecule has 3 N–H and O–H groups in total. The number of halogens is 1. The number of carbonyl (C=O) groups excluding carboxylic acids is 1. The van der Waals surface area contributed by atoms with Crippen LogP contribution in [-0.2, 0) is 4.79 Å². The van der Waals surface area contributed by atoms with E-state index in [1.807, 2.05) is 29.2 Å². The van der Waals surface area contributed by atoms with Crippen molar-refractivity contribution in [2.24, 2.45) is 5.73 Å². The minimum Gasteiger partial charge on any atom is -0.491 e. The number of amides is 1. The second kappa shape index (κ2) is 7.53. The minimum absolute atomic E-state index is 0.101. The van der Waals surface area contributed by atoms with Crippen molar-refractivity contribution in [1.82, 2.24) is 0 Å². The Labute approximate surface area is 145 Å². The molecule has 25 heavy (non-hydrogen) atoms. The van der Waals surface area contributed by atoms with E-state index in [2.05, 4.69) is 0 Å². The zero-order valence-electron chi connectivity index (χ0n) is 13.8. The van der Waals surface area contributed by atoms with Crippen LogP contribution in [-0.4, -0.2) is 36.8 Å². The Kier molecular flexibility index (Phi) is 5.19. The SMILES string of the molecule is NC(=O)C1CCN(CC(O)COc2ccc(F)cc2)c2ccccc21. The summed E-state index contributed by atoms with van der Waals surface area (Å²) in [6.45, 7) is 1.12. The fraction of sp³-hybridized carbons (Fsp3) is 0.316. The average Bonchev–Trinajstić information content (AvgIpc) is 2.61. The van der Waals surface area contributed by atoms with Gasteiger partial charge in [-0.3, -0.25) is 4.79 Å². The average molecular weight is 344 g/mol. The van der Waals surface area contributed by atoms with Gasteiger partial charge >= 0.3 is 0 Å². The van der Waals surface area contributed by atoms with Crippen LogP contribution in [0.4, 0.5) is 10.1 Å². The number of hydrogen-bond donors (Lipinski definition) is 2. The molecular formula is C19H21FN2O3. The van der Waals surface area contributed by atoms with Crippen molar-refractivity contribution in [2.75, 3.05) is 24.6 Å². The highest BCUT2D eigenvalue weighted by atomic mass is 19.1. The van der Waals surface area contributed by atoms with Crippen molar-refractivity contribution in [3.05, 3.63) is 59.9 Å². The normalized spacial score (nSPS) is 17.7. The number of rotatable bonds is 6. The number of para-hydroxylation sites is 1. The van der Waals surface area contributed by atoms with E-state index in [1.54, 1.807) is 0 Å². The quantitative estimate of drug-likeness (QED) is 0.841. The Morgan fingerprint density at radius 1 is 1.28 bits per heavy atom. The van der Waals surface area contributed by atoms with Crippen LogP contribution in [0.2, 0.25) is 0 Å². The maximum atomic E-state index is 12.9. The summed E-state index contributed by atoms with van der Waals surface area (Å²) in [6.07, 6.45) is -0.0963. The summed E-state index contributed by atoms with van der Waals surface area (Å²) in [5, 5.41) is 10.3. The molecule has 6 heteroatoms. The summed E-state index contributed by atoms with van der Waals surface area (Å²) < 4.78 is 18.4. The molecule has 0 bridgehead atoms. The van der Waals surface area contributed by atoms with Crippen molar-refractivity contribution in [1.29, 1.82) is 0 Å². The molecule has 0 aromatic heterocycles. The first-order valence-corrected chi connectivity index (χ1v) is 8.24. The number of aliphatic hydroxyl groups is 1. The molecule has 0 spiro atoms. The molecule has 1 heterocycles. The van der Waals surface area contributed by atoms with Gasteiger partial charge in [-0.1, -0.05) is 18.2 Å². The molecule has 0 aliphatic carbocycles. The van der Waals surface area contributed by atoms with Crippen LogP contribution in [0.15, 0.2) is 48.5 Å². The molecule has 5 nitrogen and oxygen atoms in total. The fourth-order valence-corrected chi connectivity index (χ4v) is 3.15. The molecule has 2 aromatic carbocycles. The van der Waals surface area contributed by atoms with Gasteiger partial charge in [0.15, 0.2) is 0 Å². The predicted molar refractivity (Wildman–Crippen MR) is 93.1 cm³/mol. The minimum atomic E-state index is -0.719. The van der Waals surface area contributed by atoms with Gasteiger partial charge in [0, 0.05) is 18.8 Å². The van der Waals surface area contributed by atoms with Gasteiger partial charge in [0.1, 0.15) is 24.3 Å². The summed E-state index contributed by atoms with van der Waals surface area (Å²) in [5.74, 6) is -0.442.